The first-order valence-electron chi connectivity index (χ1n) is 11.9. The fourth-order valence-corrected chi connectivity index (χ4v) is 4.70. The van der Waals surface area contributed by atoms with Gasteiger partial charge in [-0.3, -0.25) is 19.2 Å². The molecule has 198 valence electrons. The first-order chi connectivity index (χ1) is 19.2. The molecule has 0 saturated heterocycles. The molecule has 0 bridgehead atoms. The lowest BCUT2D eigenvalue weighted by Crippen LogP contribution is -2.32. The number of nitrogens with one attached hydrogen (secondary N) is 2. The lowest BCUT2D eigenvalue weighted by atomic mass is 10.0. The Morgan fingerprint density at radius 3 is 2.15 bits per heavy atom. The summed E-state index contributed by atoms with van der Waals surface area (Å²) in [5, 5.41) is 5.84. The van der Waals surface area contributed by atoms with Crippen LogP contribution < -0.4 is 15.5 Å². The zero-order valence-electron chi connectivity index (χ0n) is 20.5. The Kier molecular flexibility index (Phi) is 7.71. The summed E-state index contributed by atoms with van der Waals surface area (Å²) < 4.78 is 0. The number of hydrogen-bond acceptors (Lipinski definition) is 5. The minimum absolute atomic E-state index is 0.155. The van der Waals surface area contributed by atoms with E-state index in [2.05, 4.69) is 10.6 Å². The van der Waals surface area contributed by atoms with Crippen molar-refractivity contribution in [1.82, 2.24) is 0 Å². The van der Waals surface area contributed by atoms with Crippen LogP contribution in [0, 0.1) is 0 Å². The van der Waals surface area contributed by atoms with Gasteiger partial charge in [-0.25, -0.2) is 4.90 Å². The Bertz CT molecular complexity index is 1720. The van der Waals surface area contributed by atoms with E-state index in [4.69, 9.17) is 34.8 Å². The van der Waals surface area contributed by atoms with E-state index in [9.17, 15) is 19.2 Å². The highest BCUT2D eigenvalue weighted by Gasteiger charge is 2.39. The SMILES string of the molecule is O=C(Nc1ccc(Cl)cc1C(=O)c1ccccc1)c1cccc(NC2=C(Cl)C(=O)N(c3ccccc3Cl)C2=O)c1. The summed E-state index contributed by atoms with van der Waals surface area (Å²) in [6, 6.07) is 25.9. The van der Waals surface area contributed by atoms with Gasteiger partial charge >= 0.3 is 0 Å². The van der Waals surface area contributed by atoms with E-state index in [1.165, 1.54) is 18.2 Å². The summed E-state index contributed by atoms with van der Waals surface area (Å²) >= 11 is 18.6. The van der Waals surface area contributed by atoms with Gasteiger partial charge in [0.15, 0.2) is 5.78 Å². The number of anilines is 3. The molecule has 4 aromatic carbocycles. The maximum atomic E-state index is 13.2. The van der Waals surface area contributed by atoms with E-state index in [-0.39, 0.29) is 44.0 Å². The normalized spacial score (nSPS) is 13.0. The van der Waals surface area contributed by atoms with Crippen LogP contribution in [0.4, 0.5) is 17.1 Å². The number of halogens is 3. The van der Waals surface area contributed by atoms with Crippen molar-refractivity contribution in [2.24, 2.45) is 0 Å². The second kappa shape index (κ2) is 11.4. The van der Waals surface area contributed by atoms with Gasteiger partial charge < -0.3 is 10.6 Å². The number of amides is 3. The van der Waals surface area contributed by atoms with E-state index in [0.717, 1.165) is 4.90 Å². The van der Waals surface area contributed by atoms with Crippen molar-refractivity contribution >= 4 is 75.4 Å². The predicted octanol–water partition coefficient (Wildman–Crippen LogP) is 6.91. The van der Waals surface area contributed by atoms with Gasteiger partial charge in [0.2, 0.25) is 0 Å². The fraction of sp³-hybridized carbons (Fsp3) is 0. The molecule has 0 aromatic heterocycles. The van der Waals surface area contributed by atoms with Crippen LogP contribution in [0.15, 0.2) is 108 Å². The molecule has 2 N–H and O–H groups in total. The molecule has 0 aliphatic carbocycles. The monoisotopic (exact) mass is 589 g/mol. The molecule has 3 amide bonds. The first-order valence-corrected chi connectivity index (χ1v) is 13.0. The Morgan fingerprint density at radius 2 is 1.40 bits per heavy atom. The van der Waals surface area contributed by atoms with E-state index >= 15 is 0 Å². The molecular weight excluding hydrogens is 573 g/mol. The molecule has 0 fully saturated rings. The van der Waals surface area contributed by atoms with Gasteiger partial charge in [0.25, 0.3) is 17.7 Å². The Labute approximate surface area is 244 Å². The van der Waals surface area contributed by atoms with Crippen LogP contribution in [-0.2, 0) is 9.59 Å². The van der Waals surface area contributed by atoms with Gasteiger partial charge in [0, 0.05) is 27.4 Å². The van der Waals surface area contributed by atoms with Crippen molar-refractivity contribution < 1.29 is 19.2 Å². The van der Waals surface area contributed by atoms with Crippen molar-refractivity contribution in [3.05, 3.63) is 135 Å². The lowest BCUT2D eigenvalue weighted by Gasteiger charge is -2.16. The molecule has 40 heavy (non-hydrogen) atoms. The quantitative estimate of drug-likeness (QED) is 0.180. The third-order valence-corrected chi connectivity index (χ3v) is 6.93. The number of rotatable bonds is 7. The molecule has 4 aromatic rings. The van der Waals surface area contributed by atoms with Crippen LogP contribution in [0.25, 0.3) is 0 Å². The van der Waals surface area contributed by atoms with Crippen LogP contribution in [0.2, 0.25) is 10.0 Å². The van der Waals surface area contributed by atoms with Crippen LogP contribution in [-0.4, -0.2) is 23.5 Å². The summed E-state index contributed by atoms with van der Waals surface area (Å²) in [4.78, 5) is 53.1. The summed E-state index contributed by atoms with van der Waals surface area (Å²) in [6.07, 6.45) is 0. The van der Waals surface area contributed by atoms with Gasteiger partial charge in [-0.05, 0) is 48.5 Å². The minimum atomic E-state index is -0.727. The Hall–Kier alpha value is -4.43. The number of carbonyl (C=O) groups excluding carboxylic acids is 4. The molecule has 1 heterocycles. The maximum Gasteiger partial charge on any atom is 0.283 e. The number of carbonyl (C=O) groups is 4. The highest BCUT2D eigenvalue weighted by molar-refractivity contribution is 6.53. The molecule has 10 heteroatoms. The number of benzene rings is 4. The number of nitrogens with zero attached hydrogens (tertiary/aromatic N) is 1. The molecule has 0 saturated carbocycles. The average Bonchev–Trinajstić information content (AvgIpc) is 3.17. The molecule has 0 radical (unpaired) electrons. The molecule has 0 unspecified atom stereocenters. The molecular formula is C30H18Cl3N3O4. The van der Waals surface area contributed by atoms with Gasteiger partial charge in [-0.2, -0.15) is 0 Å². The Morgan fingerprint density at radius 1 is 0.700 bits per heavy atom. The molecule has 1 aliphatic rings. The predicted molar refractivity (Wildman–Crippen MR) is 156 cm³/mol. The second-order valence-electron chi connectivity index (χ2n) is 8.63. The van der Waals surface area contributed by atoms with E-state index < -0.39 is 17.7 Å². The van der Waals surface area contributed by atoms with Gasteiger partial charge in [-0.1, -0.05) is 83.3 Å². The maximum absolute atomic E-state index is 13.2. The second-order valence-corrected chi connectivity index (χ2v) is 9.85. The third kappa shape index (κ3) is 5.35. The van der Waals surface area contributed by atoms with Gasteiger partial charge in [0.1, 0.15) is 10.7 Å². The van der Waals surface area contributed by atoms with Crippen LogP contribution >= 0.6 is 34.8 Å². The zero-order chi connectivity index (χ0) is 28.4. The highest BCUT2D eigenvalue weighted by atomic mass is 35.5. The molecule has 1 aliphatic heterocycles. The first kappa shape index (κ1) is 27.1. The summed E-state index contributed by atoms with van der Waals surface area (Å²) in [5.74, 6) is -2.24. The summed E-state index contributed by atoms with van der Waals surface area (Å²) in [5.41, 5.74) is 1.54. The lowest BCUT2D eigenvalue weighted by molar-refractivity contribution is -0.120. The minimum Gasteiger partial charge on any atom is -0.350 e. The van der Waals surface area contributed by atoms with Crippen molar-refractivity contribution in [1.29, 1.82) is 0 Å². The average molecular weight is 591 g/mol. The number of imide groups is 1. The standard InChI is InChI=1S/C30H18Cl3N3O4/c31-19-13-14-23(21(16-19)27(37)17-7-2-1-3-8-17)35-28(38)18-9-6-10-20(15-18)34-26-25(33)29(39)36(30(26)40)24-12-5-4-11-22(24)32/h1-16,34H,(H,35,38). The van der Waals surface area contributed by atoms with Crippen molar-refractivity contribution in [2.75, 3.05) is 15.5 Å². The van der Waals surface area contributed by atoms with Crippen LogP contribution in [0.3, 0.4) is 0 Å². The summed E-state index contributed by atoms with van der Waals surface area (Å²) in [6.45, 7) is 0. The molecule has 0 spiro atoms. The van der Waals surface area contributed by atoms with E-state index in [1.54, 1.807) is 78.9 Å². The highest BCUT2D eigenvalue weighted by Crippen LogP contribution is 2.34. The topological polar surface area (TPSA) is 95.6 Å². The largest absolute Gasteiger partial charge is 0.350 e. The number of ketones is 1. The Balaban J connectivity index is 1.37. The zero-order valence-corrected chi connectivity index (χ0v) is 22.7. The van der Waals surface area contributed by atoms with Crippen LogP contribution in [0.1, 0.15) is 26.3 Å². The smallest absolute Gasteiger partial charge is 0.283 e. The van der Waals surface area contributed by atoms with E-state index in [0.29, 0.717) is 16.3 Å². The van der Waals surface area contributed by atoms with Crippen molar-refractivity contribution in [3.8, 4) is 0 Å². The third-order valence-electron chi connectivity index (χ3n) is 6.03. The van der Waals surface area contributed by atoms with Crippen molar-refractivity contribution in [2.45, 2.75) is 0 Å². The van der Waals surface area contributed by atoms with Gasteiger partial charge in [0.05, 0.1) is 16.4 Å². The van der Waals surface area contributed by atoms with Crippen molar-refractivity contribution in [3.63, 3.8) is 0 Å². The molecule has 7 nitrogen and oxygen atoms in total. The number of hydrogen-bond donors (Lipinski definition) is 2. The van der Waals surface area contributed by atoms with E-state index in [1.807, 2.05) is 0 Å². The summed E-state index contributed by atoms with van der Waals surface area (Å²) in [7, 11) is 0. The number of para-hydroxylation sites is 1. The molecule has 5 rings (SSSR count). The van der Waals surface area contributed by atoms with Crippen LogP contribution in [0.5, 0.6) is 0 Å². The fourth-order valence-electron chi connectivity index (χ4n) is 4.10. The molecule has 0 atom stereocenters. The van der Waals surface area contributed by atoms with Gasteiger partial charge in [-0.15, -0.1) is 0 Å².